The Morgan fingerprint density at radius 2 is 2.06 bits per heavy atom. The van der Waals surface area contributed by atoms with E-state index >= 15 is 0 Å². The van der Waals surface area contributed by atoms with E-state index in [9.17, 15) is 4.79 Å². The fourth-order valence-corrected chi connectivity index (χ4v) is 2.48. The molecule has 1 N–H and O–H groups in total. The molecule has 1 amide bonds. The Labute approximate surface area is 108 Å². The standard InChI is InChI=1S/C14H20N2O2/c1-10-5-4-6-11(2)13(10)16-8-12(7-15-3)9-18-14(16)17/h4-6,12,15H,7-9H2,1-3H3. The monoisotopic (exact) mass is 248 g/mol. The summed E-state index contributed by atoms with van der Waals surface area (Å²) in [7, 11) is 1.92. The number of cyclic esters (lactones) is 1. The van der Waals surface area contributed by atoms with Gasteiger partial charge in [0.15, 0.2) is 0 Å². The van der Waals surface area contributed by atoms with Crippen molar-refractivity contribution < 1.29 is 9.53 Å². The first-order valence-electron chi connectivity index (χ1n) is 6.28. The topological polar surface area (TPSA) is 41.6 Å². The zero-order valence-corrected chi connectivity index (χ0v) is 11.2. The van der Waals surface area contributed by atoms with Crippen molar-refractivity contribution in [1.82, 2.24) is 5.32 Å². The first-order chi connectivity index (χ1) is 8.63. The summed E-state index contributed by atoms with van der Waals surface area (Å²) in [5.41, 5.74) is 3.21. The van der Waals surface area contributed by atoms with Crippen LogP contribution >= 0.6 is 0 Å². The molecule has 1 aromatic rings. The highest BCUT2D eigenvalue weighted by molar-refractivity contribution is 5.90. The lowest BCUT2D eigenvalue weighted by atomic mass is 10.0. The van der Waals surface area contributed by atoms with E-state index in [1.54, 1.807) is 4.90 Å². The molecule has 1 heterocycles. The molecule has 1 aromatic carbocycles. The SMILES string of the molecule is CNCC1COC(=O)N(c2c(C)cccc2C)C1. The van der Waals surface area contributed by atoms with Gasteiger partial charge in [0.2, 0.25) is 0 Å². The summed E-state index contributed by atoms with van der Waals surface area (Å²) in [6.07, 6.45) is -0.236. The highest BCUT2D eigenvalue weighted by Gasteiger charge is 2.29. The maximum atomic E-state index is 11.9. The molecule has 4 nitrogen and oxygen atoms in total. The van der Waals surface area contributed by atoms with Crippen LogP contribution in [-0.4, -0.2) is 32.8 Å². The molecular weight excluding hydrogens is 228 g/mol. The van der Waals surface area contributed by atoms with E-state index in [4.69, 9.17) is 4.74 Å². The summed E-state index contributed by atoms with van der Waals surface area (Å²) in [4.78, 5) is 13.7. The number of amides is 1. The molecule has 1 unspecified atom stereocenters. The fourth-order valence-electron chi connectivity index (χ4n) is 2.48. The van der Waals surface area contributed by atoms with Gasteiger partial charge in [-0.25, -0.2) is 4.79 Å². The molecule has 18 heavy (non-hydrogen) atoms. The number of para-hydroxylation sites is 1. The fraction of sp³-hybridized carbons (Fsp3) is 0.500. The number of hydrogen-bond donors (Lipinski definition) is 1. The lowest BCUT2D eigenvalue weighted by Crippen LogP contribution is -2.46. The number of nitrogens with one attached hydrogen (secondary N) is 1. The number of carbonyl (C=O) groups is 1. The van der Waals surface area contributed by atoms with Gasteiger partial charge in [-0.15, -0.1) is 0 Å². The predicted octanol–water partition coefficient (Wildman–Crippen LogP) is 2.10. The van der Waals surface area contributed by atoms with E-state index in [0.717, 1.165) is 23.4 Å². The molecule has 0 saturated carbocycles. The van der Waals surface area contributed by atoms with Crippen LogP contribution < -0.4 is 10.2 Å². The van der Waals surface area contributed by atoms with Gasteiger partial charge < -0.3 is 10.1 Å². The number of rotatable bonds is 3. The zero-order chi connectivity index (χ0) is 13.1. The van der Waals surface area contributed by atoms with Crippen LogP contribution in [0.15, 0.2) is 18.2 Å². The summed E-state index contributed by atoms with van der Waals surface area (Å²) in [5, 5.41) is 3.14. The van der Waals surface area contributed by atoms with Crippen LogP contribution in [0.4, 0.5) is 10.5 Å². The third-order valence-corrected chi connectivity index (χ3v) is 3.31. The number of benzene rings is 1. The van der Waals surface area contributed by atoms with Crippen LogP contribution in [-0.2, 0) is 4.74 Å². The van der Waals surface area contributed by atoms with Crippen molar-refractivity contribution in [2.45, 2.75) is 13.8 Å². The molecule has 2 rings (SSSR count). The van der Waals surface area contributed by atoms with Gasteiger partial charge in [0.1, 0.15) is 0 Å². The van der Waals surface area contributed by atoms with Gasteiger partial charge >= 0.3 is 6.09 Å². The van der Waals surface area contributed by atoms with Crippen molar-refractivity contribution in [1.29, 1.82) is 0 Å². The molecule has 0 aromatic heterocycles. The summed E-state index contributed by atoms with van der Waals surface area (Å²) >= 11 is 0. The Morgan fingerprint density at radius 3 is 2.67 bits per heavy atom. The number of aryl methyl sites for hydroxylation is 2. The van der Waals surface area contributed by atoms with E-state index < -0.39 is 0 Å². The number of nitrogens with zero attached hydrogens (tertiary/aromatic N) is 1. The number of carbonyl (C=O) groups excluding carboxylic acids is 1. The quantitative estimate of drug-likeness (QED) is 0.890. The van der Waals surface area contributed by atoms with Crippen molar-refractivity contribution in [2.75, 3.05) is 31.6 Å². The minimum Gasteiger partial charge on any atom is -0.449 e. The predicted molar refractivity (Wildman–Crippen MR) is 72.0 cm³/mol. The minimum atomic E-state index is -0.236. The lowest BCUT2D eigenvalue weighted by molar-refractivity contribution is 0.115. The van der Waals surface area contributed by atoms with Crippen LogP contribution in [0, 0.1) is 19.8 Å². The maximum absolute atomic E-state index is 11.9. The van der Waals surface area contributed by atoms with Crippen molar-refractivity contribution in [3.63, 3.8) is 0 Å². The molecule has 1 atom stereocenters. The molecule has 0 aliphatic carbocycles. The molecule has 1 aliphatic heterocycles. The molecule has 1 saturated heterocycles. The van der Waals surface area contributed by atoms with Crippen LogP contribution in [0.1, 0.15) is 11.1 Å². The van der Waals surface area contributed by atoms with Gasteiger partial charge in [-0.2, -0.15) is 0 Å². The average molecular weight is 248 g/mol. The molecule has 1 aliphatic rings. The van der Waals surface area contributed by atoms with Gasteiger partial charge in [0, 0.05) is 19.0 Å². The molecule has 1 fully saturated rings. The van der Waals surface area contributed by atoms with Gasteiger partial charge in [0.25, 0.3) is 0 Å². The van der Waals surface area contributed by atoms with Crippen molar-refractivity contribution in [2.24, 2.45) is 5.92 Å². The molecule has 4 heteroatoms. The first-order valence-corrected chi connectivity index (χ1v) is 6.28. The normalized spacial score (nSPS) is 19.8. The van der Waals surface area contributed by atoms with Gasteiger partial charge in [-0.05, 0) is 32.0 Å². The summed E-state index contributed by atoms with van der Waals surface area (Å²) in [6.45, 7) is 6.12. The van der Waals surface area contributed by atoms with E-state index in [2.05, 4.69) is 5.32 Å². The summed E-state index contributed by atoms with van der Waals surface area (Å²) < 4.78 is 5.27. The Balaban J connectivity index is 2.27. The molecule has 98 valence electrons. The molecular formula is C14H20N2O2. The molecule has 0 radical (unpaired) electrons. The number of hydrogen-bond acceptors (Lipinski definition) is 3. The third kappa shape index (κ3) is 2.48. The highest BCUT2D eigenvalue weighted by Crippen LogP contribution is 2.27. The number of anilines is 1. The Hall–Kier alpha value is -1.55. The zero-order valence-electron chi connectivity index (χ0n) is 11.2. The summed E-state index contributed by atoms with van der Waals surface area (Å²) in [6, 6.07) is 6.06. The van der Waals surface area contributed by atoms with Crippen molar-refractivity contribution in [3.8, 4) is 0 Å². The smallest absolute Gasteiger partial charge is 0.414 e. The van der Waals surface area contributed by atoms with Gasteiger partial charge in [-0.3, -0.25) is 4.90 Å². The van der Waals surface area contributed by atoms with E-state index in [-0.39, 0.29) is 6.09 Å². The van der Waals surface area contributed by atoms with Crippen molar-refractivity contribution in [3.05, 3.63) is 29.3 Å². The van der Waals surface area contributed by atoms with Crippen LogP contribution in [0.3, 0.4) is 0 Å². The molecule has 0 spiro atoms. The second kappa shape index (κ2) is 5.40. The Morgan fingerprint density at radius 1 is 1.39 bits per heavy atom. The largest absolute Gasteiger partial charge is 0.449 e. The van der Waals surface area contributed by atoms with Gasteiger partial charge in [-0.1, -0.05) is 18.2 Å². The highest BCUT2D eigenvalue weighted by atomic mass is 16.6. The Bertz CT molecular complexity index is 425. The van der Waals surface area contributed by atoms with E-state index in [1.807, 2.05) is 39.1 Å². The second-order valence-electron chi connectivity index (χ2n) is 4.85. The Kier molecular flexibility index (Phi) is 3.87. The third-order valence-electron chi connectivity index (χ3n) is 3.31. The van der Waals surface area contributed by atoms with E-state index in [1.165, 1.54) is 0 Å². The van der Waals surface area contributed by atoms with Gasteiger partial charge in [0.05, 0.1) is 12.3 Å². The van der Waals surface area contributed by atoms with E-state index in [0.29, 0.717) is 19.1 Å². The second-order valence-corrected chi connectivity index (χ2v) is 4.85. The average Bonchev–Trinajstić information content (AvgIpc) is 2.33. The van der Waals surface area contributed by atoms with Crippen LogP contribution in [0.2, 0.25) is 0 Å². The maximum Gasteiger partial charge on any atom is 0.414 e. The lowest BCUT2D eigenvalue weighted by Gasteiger charge is -2.33. The minimum absolute atomic E-state index is 0.236. The molecule has 0 bridgehead atoms. The van der Waals surface area contributed by atoms with Crippen LogP contribution in [0.25, 0.3) is 0 Å². The van der Waals surface area contributed by atoms with Crippen molar-refractivity contribution >= 4 is 11.8 Å². The first kappa shape index (κ1) is 12.9. The van der Waals surface area contributed by atoms with Crippen LogP contribution in [0.5, 0.6) is 0 Å². The summed E-state index contributed by atoms with van der Waals surface area (Å²) in [5.74, 6) is 0.340. The number of ether oxygens (including phenoxy) is 1.